The van der Waals surface area contributed by atoms with Gasteiger partial charge in [-0.15, -0.1) is 0 Å². The number of hydrogen-bond acceptors (Lipinski definition) is 4. The van der Waals surface area contributed by atoms with Crippen LogP contribution in [0.25, 0.3) is 0 Å². The first-order chi connectivity index (χ1) is 4.45. The Bertz CT molecular complexity index is 93.4. The highest BCUT2D eigenvalue weighted by molar-refractivity contribution is 6.63. The highest BCUT2D eigenvalue weighted by atomic mass is 28.4. The lowest BCUT2D eigenvalue weighted by Crippen LogP contribution is -2.68. The van der Waals surface area contributed by atoms with E-state index in [0.29, 0.717) is 0 Å². The SMILES string of the molecule is CCCC(C)O[Si](N)(N)N. The van der Waals surface area contributed by atoms with Crippen LogP contribution in [0.15, 0.2) is 0 Å². The van der Waals surface area contributed by atoms with E-state index < -0.39 is 8.80 Å². The maximum atomic E-state index is 5.34. The van der Waals surface area contributed by atoms with Crippen LogP contribution in [0.3, 0.4) is 0 Å². The van der Waals surface area contributed by atoms with E-state index in [0.717, 1.165) is 12.8 Å². The molecule has 0 fully saturated rings. The minimum Gasteiger partial charge on any atom is -0.378 e. The van der Waals surface area contributed by atoms with E-state index in [4.69, 9.17) is 20.6 Å². The van der Waals surface area contributed by atoms with Gasteiger partial charge in [0.05, 0.1) is 0 Å². The maximum absolute atomic E-state index is 5.34. The van der Waals surface area contributed by atoms with Crippen molar-refractivity contribution in [2.24, 2.45) is 16.2 Å². The van der Waals surface area contributed by atoms with Gasteiger partial charge in [0.25, 0.3) is 0 Å². The Morgan fingerprint density at radius 2 is 1.90 bits per heavy atom. The molecule has 0 aromatic carbocycles. The monoisotopic (exact) mass is 163 g/mol. The molecule has 0 saturated heterocycles. The third kappa shape index (κ3) is 6.18. The molecule has 0 aliphatic carbocycles. The summed E-state index contributed by atoms with van der Waals surface area (Å²) < 4.78 is 5.15. The molecule has 0 amide bonds. The summed E-state index contributed by atoms with van der Waals surface area (Å²) in [6, 6.07) is 0. The van der Waals surface area contributed by atoms with Crippen LogP contribution in [0.4, 0.5) is 0 Å². The molecule has 6 N–H and O–H groups in total. The van der Waals surface area contributed by atoms with Gasteiger partial charge in [-0.2, -0.15) is 0 Å². The van der Waals surface area contributed by atoms with Gasteiger partial charge in [0.2, 0.25) is 0 Å². The lowest BCUT2D eigenvalue weighted by atomic mass is 10.2. The molecule has 1 atom stereocenters. The summed E-state index contributed by atoms with van der Waals surface area (Å²) in [7, 11) is -2.76. The van der Waals surface area contributed by atoms with E-state index in [-0.39, 0.29) is 6.10 Å². The van der Waals surface area contributed by atoms with Gasteiger partial charge in [-0.25, -0.2) is 0 Å². The van der Waals surface area contributed by atoms with Gasteiger partial charge >= 0.3 is 8.80 Å². The van der Waals surface area contributed by atoms with Crippen molar-refractivity contribution in [3.63, 3.8) is 0 Å². The first-order valence-electron chi connectivity index (χ1n) is 3.50. The Morgan fingerprint density at radius 3 is 2.20 bits per heavy atom. The van der Waals surface area contributed by atoms with Crippen molar-refractivity contribution in [1.29, 1.82) is 0 Å². The number of rotatable bonds is 4. The second kappa shape index (κ2) is 4.04. The molecule has 4 nitrogen and oxygen atoms in total. The fourth-order valence-electron chi connectivity index (χ4n) is 0.814. The molecule has 0 aliphatic rings. The fraction of sp³-hybridized carbons (Fsp3) is 1.00. The van der Waals surface area contributed by atoms with Crippen molar-refractivity contribution in [2.45, 2.75) is 32.8 Å². The van der Waals surface area contributed by atoms with Crippen molar-refractivity contribution in [2.75, 3.05) is 0 Å². The number of nitrogens with two attached hydrogens (primary N) is 3. The summed E-state index contributed by atoms with van der Waals surface area (Å²) in [6.07, 6.45) is 2.11. The lowest BCUT2D eigenvalue weighted by molar-refractivity contribution is 0.194. The van der Waals surface area contributed by atoms with Crippen LogP contribution in [-0.4, -0.2) is 14.9 Å². The predicted molar refractivity (Wildman–Crippen MR) is 43.8 cm³/mol. The van der Waals surface area contributed by atoms with Gasteiger partial charge in [-0.3, -0.25) is 0 Å². The molecule has 10 heavy (non-hydrogen) atoms. The molecular weight excluding hydrogens is 146 g/mol. The summed E-state index contributed by atoms with van der Waals surface area (Å²) in [5, 5.41) is 16.0. The first-order valence-corrected chi connectivity index (χ1v) is 5.64. The van der Waals surface area contributed by atoms with E-state index in [1.165, 1.54) is 0 Å². The van der Waals surface area contributed by atoms with Crippen LogP contribution in [-0.2, 0) is 4.43 Å². The van der Waals surface area contributed by atoms with Crippen molar-refractivity contribution in [3.05, 3.63) is 0 Å². The Hall–Kier alpha value is 0.0569. The largest absolute Gasteiger partial charge is 0.432 e. The van der Waals surface area contributed by atoms with Crippen LogP contribution in [0.5, 0.6) is 0 Å². The van der Waals surface area contributed by atoms with Crippen LogP contribution >= 0.6 is 0 Å². The second-order valence-corrected chi connectivity index (χ2v) is 4.51. The average Bonchev–Trinajstić information content (AvgIpc) is 1.59. The van der Waals surface area contributed by atoms with Gasteiger partial charge in [0.15, 0.2) is 0 Å². The molecule has 0 aliphatic heterocycles. The topological polar surface area (TPSA) is 87.3 Å². The molecule has 0 rings (SSSR count). The Morgan fingerprint density at radius 1 is 1.40 bits per heavy atom. The first kappa shape index (κ1) is 10.1. The second-order valence-electron chi connectivity index (χ2n) is 2.57. The van der Waals surface area contributed by atoms with E-state index in [9.17, 15) is 0 Å². The smallest absolute Gasteiger partial charge is 0.378 e. The molecule has 1 unspecified atom stereocenters. The molecular formula is C5H17N3OSi. The molecule has 0 saturated carbocycles. The molecule has 0 heterocycles. The zero-order valence-corrected chi connectivity index (χ0v) is 7.63. The highest BCUT2D eigenvalue weighted by Crippen LogP contribution is 2.00. The van der Waals surface area contributed by atoms with Gasteiger partial charge in [0, 0.05) is 6.10 Å². The van der Waals surface area contributed by atoms with Crippen molar-refractivity contribution in [1.82, 2.24) is 0 Å². The summed E-state index contributed by atoms with van der Waals surface area (Å²) in [5.74, 6) is 0. The minimum absolute atomic E-state index is 0.0941. The van der Waals surface area contributed by atoms with Gasteiger partial charge in [-0.1, -0.05) is 13.3 Å². The summed E-state index contributed by atoms with van der Waals surface area (Å²) >= 11 is 0. The Balaban J connectivity index is 3.47. The minimum atomic E-state index is -2.76. The summed E-state index contributed by atoms with van der Waals surface area (Å²) in [6.45, 7) is 4.00. The van der Waals surface area contributed by atoms with Crippen LogP contribution < -0.4 is 16.2 Å². The average molecular weight is 163 g/mol. The Kier molecular flexibility index (Phi) is 4.07. The van der Waals surface area contributed by atoms with Crippen LogP contribution in [0.2, 0.25) is 0 Å². The molecule has 5 heteroatoms. The number of hydrogen-bond donors (Lipinski definition) is 3. The van der Waals surface area contributed by atoms with E-state index in [1.54, 1.807) is 0 Å². The third-order valence-electron chi connectivity index (χ3n) is 1.10. The van der Waals surface area contributed by atoms with Crippen molar-refractivity contribution in [3.8, 4) is 0 Å². The van der Waals surface area contributed by atoms with Crippen molar-refractivity contribution >= 4 is 8.80 Å². The normalized spacial score (nSPS) is 15.3. The molecule has 0 radical (unpaired) electrons. The molecule has 0 spiro atoms. The fourth-order valence-corrected chi connectivity index (χ4v) is 1.63. The zero-order valence-electron chi connectivity index (χ0n) is 6.63. The Labute approximate surface area is 63.1 Å². The zero-order chi connectivity index (χ0) is 8.20. The summed E-state index contributed by atoms with van der Waals surface area (Å²) in [5.41, 5.74) is 0. The molecule has 62 valence electrons. The van der Waals surface area contributed by atoms with Crippen LogP contribution in [0.1, 0.15) is 26.7 Å². The predicted octanol–water partition coefficient (Wildman–Crippen LogP) is -0.497. The van der Waals surface area contributed by atoms with Gasteiger partial charge in [0.1, 0.15) is 0 Å². The maximum Gasteiger partial charge on any atom is 0.432 e. The van der Waals surface area contributed by atoms with Crippen LogP contribution in [0, 0.1) is 0 Å². The van der Waals surface area contributed by atoms with E-state index >= 15 is 0 Å². The van der Waals surface area contributed by atoms with Crippen molar-refractivity contribution < 1.29 is 4.43 Å². The quantitative estimate of drug-likeness (QED) is 0.488. The van der Waals surface area contributed by atoms with E-state index in [1.807, 2.05) is 6.92 Å². The van der Waals surface area contributed by atoms with E-state index in [2.05, 4.69) is 6.92 Å². The highest BCUT2D eigenvalue weighted by Gasteiger charge is 2.22. The lowest BCUT2D eigenvalue weighted by Gasteiger charge is -2.20. The molecule has 0 bridgehead atoms. The molecule has 0 aromatic heterocycles. The standard InChI is InChI=1S/C5H17N3OSi/c1-3-4-5(2)9-10(6,7)8/h5H,3-4,6-8H2,1-2H3. The van der Waals surface area contributed by atoms with Gasteiger partial charge in [-0.05, 0) is 13.3 Å². The third-order valence-corrected chi connectivity index (χ3v) is 1.91. The molecule has 0 aromatic rings. The summed E-state index contributed by atoms with van der Waals surface area (Å²) in [4.78, 5) is 0. The van der Waals surface area contributed by atoms with Gasteiger partial charge < -0.3 is 20.6 Å².